The number of sulfonamides is 1. The van der Waals surface area contributed by atoms with E-state index in [9.17, 15) is 8.42 Å². The monoisotopic (exact) mass is 346 g/mol. The molecular formula is C17H22N4O2S. The second kappa shape index (κ2) is 6.38. The second-order valence-corrected chi connectivity index (χ2v) is 8.44. The molecule has 24 heavy (non-hydrogen) atoms. The van der Waals surface area contributed by atoms with Gasteiger partial charge in [0, 0.05) is 5.54 Å². The van der Waals surface area contributed by atoms with Crippen molar-refractivity contribution < 1.29 is 8.42 Å². The number of benzene rings is 1. The van der Waals surface area contributed by atoms with E-state index in [2.05, 4.69) is 15.9 Å². The van der Waals surface area contributed by atoms with E-state index in [1.807, 2.05) is 6.07 Å². The average Bonchev–Trinajstić information content (AvgIpc) is 2.71. The van der Waals surface area contributed by atoms with Crippen LogP contribution in [0, 0.1) is 25.2 Å². The molecule has 0 unspecified atom stereocenters. The highest BCUT2D eigenvalue weighted by atomic mass is 32.2. The topological polar surface area (TPSA) is 87.8 Å². The van der Waals surface area contributed by atoms with Crippen molar-refractivity contribution >= 4 is 10.0 Å². The summed E-state index contributed by atoms with van der Waals surface area (Å²) in [6.07, 6.45) is 0. The van der Waals surface area contributed by atoms with E-state index >= 15 is 0 Å². The maximum absolute atomic E-state index is 12.6. The Hall–Kier alpha value is -2.17. The lowest BCUT2D eigenvalue weighted by atomic mass is 10.1. The van der Waals surface area contributed by atoms with E-state index in [1.54, 1.807) is 57.5 Å². The minimum atomic E-state index is -3.65. The molecule has 7 heteroatoms. The minimum Gasteiger partial charge on any atom is -0.264 e. The zero-order chi connectivity index (χ0) is 18.1. The van der Waals surface area contributed by atoms with Crippen LogP contribution in [-0.2, 0) is 16.6 Å². The molecule has 0 atom stereocenters. The van der Waals surface area contributed by atoms with Crippen molar-refractivity contribution in [3.8, 4) is 6.07 Å². The maximum atomic E-state index is 12.6. The number of rotatable bonds is 4. The number of nitrogens with zero attached hydrogens (tertiary/aromatic N) is 3. The first-order valence-electron chi connectivity index (χ1n) is 7.60. The fourth-order valence-corrected chi connectivity index (χ4v) is 4.42. The summed E-state index contributed by atoms with van der Waals surface area (Å²) in [6, 6.07) is 9.30. The van der Waals surface area contributed by atoms with Gasteiger partial charge >= 0.3 is 0 Å². The van der Waals surface area contributed by atoms with Crippen molar-refractivity contribution in [3.63, 3.8) is 0 Å². The molecule has 0 aliphatic carbocycles. The number of hydrogen-bond donors (Lipinski definition) is 1. The minimum absolute atomic E-state index is 0.217. The summed E-state index contributed by atoms with van der Waals surface area (Å²) < 4.78 is 29.6. The summed E-state index contributed by atoms with van der Waals surface area (Å²) in [5, 5.41) is 13.4. The van der Waals surface area contributed by atoms with Crippen molar-refractivity contribution in [1.29, 1.82) is 5.26 Å². The Morgan fingerprint density at radius 3 is 2.54 bits per heavy atom. The molecule has 1 aromatic carbocycles. The molecule has 0 fully saturated rings. The predicted octanol–water partition coefficient (Wildman–Crippen LogP) is 2.50. The van der Waals surface area contributed by atoms with Gasteiger partial charge < -0.3 is 0 Å². The van der Waals surface area contributed by atoms with E-state index in [-0.39, 0.29) is 4.90 Å². The fourth-order valence-electron chi connectivity index (χ4n) is 2.59. The maximum Gasteiger partial charge on any atom is 0.244 e. The number of aryl methyl sites for hydroxylation is 1. The van der Waals surface area contributed by atoms with Gasteiger partial charge in [0.1, 0.15) is 4.90 Å². The summed E-state index contributed by atoms with van der Waals surface area (Å²) >= 11 is 0. The zero-order valence-corrected chi connectivity index (χ0v) is 15.4. The standard InChI is InChI=1S/C17H22N4O2S/c1-12-16(24(22,23)20-17(3,4)5)13(2)21(19-12)11-15-8-6-7-14(9-15)10-18/h6-9,20H,11H2,1-5H3. The molecule has 0 amide bonds. The number of nitrogens with one attached hydrogen (secondary N) is 1. The molecule has 1 aromatic heterocycles. The Labute approximate surface area is 143 Å². The molecular weight excluding hydrogens is 324 g/mol. The number of nitriles is 1. The van der Waals surface area contributed by atoms with Gasteiger partial charge in [-0.25, -0.2) is 13.1 Å². The van der Waals surface area contributed by atoms with Crippen LogP contribution in [0.2, 0.25) is 0 Å². The van der Waals surface area contributed by atoms with Gasteiger partial charge in [-0.15, -0.1) is 0 Å². The zero-order valence-electron chi connectivity index (χ0n) is 14.6. The van der Waals surface area contributed by atoms with Gasteiger partial charge in [-0.1, -0.05) is 12.1 Å². The summed E-state index contributed by atoms with van der Waals surface area (Å²) in [7, 11) is -3.65. The van der Waals surface area contributed by atoms with Crippen LogP contribution < -0.4 is 4.72 Å². The third kappa shape index (κ3) is 4.02. The molecule has 1 heterocycles. The molecule has 0 radical (unpaired) electrons. The lowest BCUT2D eigenvalue weighted by Gasteiger charge is -2.20. The first-order chi connectivity index (χ1) is 11.0. The normalized spacial score (nSPS) is 12.2. The quantitative estimate of drug-likeness (QED) is 0.921. The van der Waals surface area contributed by atoms with Crippen LogP contribution in [-0.4, -0.2) is 23.7 Å². The molecule has 0 aliphatic rings. The van der Waals surface area contributed by atoms with Crippen LogP contribution in [0.4, 0.5) is 0 Å². The van der Waals surface area contributed by atoms with Crippen LogP contribution in [0.5, 0.6) is 0 Å². The fraction of sp³-hybridized carbons (Fsp3) is 0.412. The first-order valence-corrected chi connectivity index (χ1v) is 9.09. The Kier molecular flexibility index (Phi) is 4.83. The van der Waals surface area contributed by atoms with Gasteiger partial charge in [0.05, 0.1) is 29.6 Å². The Morgan fingerprint density at radius 1 is 1.29 bits per heavy atom. The summed E-state index contributed by atoms with van der Waals surface area (Å²) in [6.45, 7) is 9.23. The molecule has 0 saturated heterocycles. The molecule has 6 nitrogen and oxygen atoms in total. The molecule has 1 N–H and O–H groups in total. The summed E-state index contributed by atoms with van der Waals surface area (Å²) in [5.74, 6) is 0. The van der Waals surface area contributed by atoms with E-state index in [0.717, 1.165) is 5.56 Å². The van der Waals surface area contributed by atoms with Gasteiger partial charge in [-0.05, 0) is 52.3 Å². The first kappa shape index (κ1) is 18.2. The predicted molar refractivity (Wildman–Crippen MR) is 92.0 cm³/mol. The van der Waals surface area contributed by atoms with Crippen molar-refractivity contribution in [3.05, 3.63) is 46.8 Å². The lowest BCUT2D eigenvalue weighted by molar-refractivity contribution is 0.491. The third-order valence-electron chi connectivity index (χ3n) is 3.41. The van der Waals surface area contributed by atoms with Crippen LogP contribution in [0.25, 0.3) is 0 Å². The Morgan fingerprint density at radius 2 is 1.96 bits per heavy atom. The number of aromatic nitrogens is 2. The van der Waals surface area contributed by atoms with Crippen LogP contribution in [0.3, 0.4) is 0 Å². The van der Waals surface area contributed by atoms with Gasteiger partial charge in [-0.3, -0.25) is 4.68 Å². The highest BCUT2D eigenvalue weighted by molar-refractivity contribution is 7.89. The van der Waals surface area contributed by atoms with Crippen LogP contribution >= 0.6 is 0 Å². The van der Waals surface area contributed by atoms with E-state index < -0.39 is 15.6 Å². The highest BCUT2D eigenvalue weighted by Gasteiger charge is 2.28. The van der Waals surface area contributed by atoms with Crippen molar-refractivity contribution in [1.82, 2.24) is 14.5 Å². The molecule has 0 aliphatic heterocycles. The second-order valence-electron chi connectivity index (χ2n) is 6.83. The van der Waals surface area contributed by atoms with E-state index in [1.165, 1.54) is 0 Å². The van der Waals surface area contributed by atoms with Crippen LogP contribution in [0.15, 0.2) is 29.2 Å². The van der Waals surface area contributed by atoms with Gasteiger partial charge in [0.25, 0.3) is 0 Å². The lowest BCUT2D eigenvalue weighted by Crippen LogP contribution is -2.40. The molecule has 128 valence electrons. The Balaban J connectivity index is 2.41. The molecule has 0 saturated carbocycles. The van der Waals surface area contributed by atoms with Crippen molar-refractivity contribution in [2.24, 2.45) is 0 Å². The van der Waals surface area contributed by atoms with Crippen molar-refractivity contribution in [2.45, 2.75) is 51.6 Å². The van der Waals surface area contributed by atoms with Gasteiger partial charge in [0.15, 0.2) is 0 Å². The number of hydrogen-bond acceptors (Lipinski definition) is 4. The summed E-state index contributed by atoms with van der Waals surface area (Å²) in [5.41, 5.74) is 1.93. The molecule has 2 rings (SSSR count). The van der Waals surface area contributed by atoms with Gasteiger partial charge in [-0.2, -0.15) is 10.4 Å². The largest absolute Gasteiger partial charge is 0.264 e. The smallest absolute Gasteiger partial charge is 0.244 e. The third-order valence-corrected chi connectivity index (χ3v) is 5.42. The highest BCUT2D eigenvalue weighted by Crippen LogP contribution is 2.22. The van der Waals surface area contributed by atoms with Gasteiger partial charge in [0.2, 0.25) is 10.0 Å². The van der Waals surface area contributed by atoms with E-state index in [4.69, 9.17) is 5.26 Å². The SMILES string of the molecule is Cc1nn(Cc2cccc(C#N)c2)c(C)c1S(=O)(=O)NC(C)(C)C. The molecule has 0 bridgehead atoms. The van der Waals surface area contributed by atoms with Crippen molar-refractivity contribution in [2.75, 3.05) is 0 Å². The van der Waals surface area contributed by atoms with Crippen LogP contribution in [0.1, 0.15) is 43.3 Å². The molecule has 2 aromatic rings. The average molecular weight is 346 g/mol. The summed E-state index contributed by atoms with van der Waals surface area (Å²) in [4.78, 5) is 0.217. The Bertz CT molecular complexity index is 900. The van der Waals surface area contributed by atoms with E-state index in [0.29, 0.717) is 23.5 Å². The molecule has 0 spiro atoms.